The van der Waals surface area contributed by atoms with E-state index >= 15 is 0 Å². The molecule has 0 amide bonds. The van der Waals surface area contributed by atoms with Gasteiger partial charge in [0.15, 0.2) is 11.6 Å². The van der Waals surface area contributed by atoms with Gasteiger partial charge in [-0.3, -0.25) is 9.59 Å². The van der Waals surface area contributed by atoms with Gasteiger partial charge in [0.1, 0.15) is 0 Å². The van der Waals surface area contributed by atoms with Gasteiger partial charge in [0, 0.05) is 0 Å². The molecular formula is C21H14F6O2. The van der Waals surface area contributed by atoms with E-state index in [1.165, 1.54) is 36.4 Å². The first kappa shape index (κ1) is 22.1. The van der Waals surface area contributed by atoms with Gasteiger partial charge in [-0.05, 0) is 47.5 Å². The smallest absolute Gasteiger partial charge is 0.294 e. The number of alkyl halides is 6. The third-order valence-electron chi connectivity index (χ3n) is 3.75. The fourth-order valence-electron chi connectivity index (χ4n) is 2.23. The van der Waals surface area contributed by atoms with Gasteiger partial charge in [-0.1, -0.05) is 36.4 Å². The molecular weight excluding hydrogens is 398 g/mol. The molecule has 0 aliphatic carbocycles. The summed E-state index contributed by atoms with van der Waals surface area (Å²) in [4.78, 5) is 23.5. The van der Waals surface area contributed by atoms with Gasteiger partial charge in [0.2, 0.25) is 0 Å². The topological polar surface area (TPSA) is 34.1 Å². The molecule has 2 aromatic rings. The molecule has 8 heteroatoms. The zero-order valence-corrected chi connectivity index (χ0v) is 14.7. The highest BCUT2D eigenvalue weighted by Crippen LogP contribution is 2.30. The number of hydrogen-bond acceptors (Lipinski definition) is 2. The predicted molar refractivity (Wildman–Crippen MR) is 95.6 cm³/mol. The summed E-state index contributed by atoms with van der Waals surface area (Å²) in [7, 11) is 0. The Balaban J connectivity index is 1.91. The first-order chi connectivity index (χ1) is 13.4. The average Bonchev–Trinajstić information content (AvgIpc) is 2.64. The first-order valence-electron chi connectivity index (χ1n) is 8.21. The SMILES string of the molecule is O=C(C=Cc1ccc(C(F)(F)F)cc1)CC(=O)C=Cc1ccc(C(F)(F)F)cc1. The number of ketones is 2. The van der Waals surface area contributed by atoms with Crippen molar-refractivity contribution in [2.75, 3.05) is 0 Å². The molecule has 2 rings (SSSR count). The molecule has 0 bridgehead atoms. The summed E-state index contributed by atoms with van der Waals surface area (Å²) in [5.41, 5.74) is -0.910. The number of rotatable bonds is 6. The number of carbonyl (C=O) groups excluding carboxylic acids is 2. The fraction of sp³-hybridized carbons (Fsp3) is 0.143. The van der Waals surface area contributed by atoms with Crippen LogP contribution in [0, 0.1) is 0 Å². The molecule has 0 aromatic heterocycles. The summed E-state index contributed by atoms with van der Waals surface area (Å²) in [6.45, 7) is 0. The maximum Gasteiger partial charge on any atom is 0.416 e. The van der Waals surface area contributed by atoms with E-state index in [1.807, 2.05) is 0 Å². The van der Waals surface area contributed by atoms with E-state index in [2.05, 4.69) is 0 Å². The molecule has 0 radical (unpaired) electrons. The number of allylic oxidation sites excluding steroid dienone is 2. The molecule has 0 heterocycles. The molecule has 0 saturated carbocycles. The van der Waals surface area contributed by atoms with Gasteiger partial charge >= 0.3 is 12.4 Å². The minimum atomic E-state index is -4.45. The van der Waals surface area contributed by atoms with E-state index in [-0.39, 0.29) is 0 Å². The van der Waals surface area contributed by atoms with Crippen LogP contribution in [-0.4, -0.2) is 11.6 Å². The summed E-state index contributed by atoms with van der Waals surface area (Å²) in [6, 6.07) is 8.28. The summed E-state index contributed by atoms with van der Waals surface area (Å²) >= 11 is 0. The van der Waals surface area contributed by atoms with E-state index < -0.39 is 41.5 Å². The minimum Gasteiger partial charge on any atom is -0.294 e. The monoisotopic (exact) mass is 412 g/mol. The van der Waals surface area contributed by atoms with Crippen molar-refractivity contribution >= 4 is 23.7 Å². The van der Waals surface area contributed by atoms with E-state index in [1.54, 1.807) is 0 Å². The van der Waals surface area contributed by atoms with Crippen molar-refractivity contribution < 1.29 is 35.9 Å². The van der Waals surface area contributed by atoms with Crippen LogP contribution < -0.4 is 0 Å². The third kappa shape index (κ3) is 7.06. The Morgan fingerprint density at radius 3 is 1.21 bits per heavy atom. The number of halogens is 6. The Kier molecular flexibility index (Phi) is 6.79. The van der Waals surface area contributed by atoms with Gasteiger partial charge in [0.25, 0.3) is 0 Å². The summed E-state index contributed by atoms with van der Waals surface area (Å²) in [5, 5.41) is 0. The predicted octanol–water partition coefficient (Wildman–Crippen LogP) is 5.98. The molecule has 0 aliphatic heterocycles. The third-order valence-corrected chi connectivity index (χ3v) is 3.75. The van der Waals surface area contributed by atoms with Crippen molar-refractivity contribution in [1.29, 1.82) is 0 Å². The zero-order chi connectivity index (χ0) is 21.7. The second-order valence-electron chi connectivity index (χ2n) is 6.02. The van der Waals surface area contributed by atoms with Crippen LogP contribution in [0.25, 0.3) is 12.2 Å². The lowest BCUT2D eigenvalue weighted by Crippen LogP contribution is -2.04. The van der Waals surface area contributed by atoms with Gasteiger partial charge in [-0.2, -0.15) is 26.3 Å². The van der Waals surface area contributed by atoms with Crippen LogP contribution in [-0.2, 0) is 21.9 Å². The van der Waals surface area contributed by atoms with E-state index in [9.17, 15) is 35.9 Å². The van der Waals surface area contributed by atoms with Gasteiger partial charge in [-0.15, -0.1) is 0 Å². The summed E-state index contributed by atoms with van der Waals surface area (Å²) in [6.07, 6.45) is -4.66. The molecule has 0 fully saturated rings. The minimum absolute atomic E-state index is 0.360. The van der Waals surface area contributed by atoms with E-state index in [0.717, 1.165) is 36.4 Å². The number of benzene rings is 2. The molecule has 0 atom stereocenters. The largest absolute Gasteiger partial charge is 0.416 e. The number of carbonyl (C=O) groups is 2. The Hall–Kier alpha value is -3.16. The normalized spacial score (nSPS) is 12.6. The Morgan fingerprint density at radius 2 is 0.931 bits per heavy atom. The van der Waals surface area contributed by atoms with Crippen molar-refractivity contribution in [1.82, 2.24) is 0 Å². The Bertz CT molecular complexity index is 840. The average molecular weight is 412 g/mol. The van der Waals surface area contributed by atoms with Crippen molar-refractivity contribution in [3.63, 3.8) is 0 Å². The molecule has 0 unspecified atom stereocenters. The highest BCUT2D eigenvalue weighted by molar-refractivity contribution is 6.10. The second-order valence-corrected chi connectivity index (χ2v) is 6.02. The molecule has 0 aliphatic rings. The molecule has 0 spiro atoms. The van der Waals surface area contributed by atoms with Crippen LogP contribution in [0.5, 0.6) is 0 Å². The van der Waals surface area contributed by atoms with Crippen LogP contribution in [0.4, 0.5) is 26.3 Å². The van der Waals surface area contributed by atoms with Crippen molar-refractivity contribution in [3.8, 4) is 0 Å². The quantitative estimate of drug-likeness (QED) is 0.332. The first-order valence-corrected chi connectivity index (χ1v) is 8.21. The van der Waals surface area contributed by atoms with Crippen LogP contribution in [0.2, 0.25) is 0 Å². The van der Waals surface area contributed by atoms with Gasteiger partial charge in [0.05, 0.1) is 17.5 Å². The van der Waals surface area contributed by atoms with Crippen molar-refractivity contribution in [2.24, 2.45) is 0 Å². The Morgan fingerprint density at radius 1 is 0.621 bits per heavy atom. The lowest BCUT2D eigenvalue weighted by Gasteiger charge is -2.05. The molecule has 0 saturated heterocycles. The fourth-order valence-corrected chi connectivity index (χ4v) is 2.23. The highest BCUT2D eigenvalue weighted by Gasteiger charge is 2.30. The van der Waals surface area contributed by atoms with Crippen LogP contribution >= 0.6 is 0 Å². The molecule has 2 aromatic carbocycles. The second kappa shape index (κ2) is 8.89. The van der Waals surface area contributed by atoms with Crippen molar-refractivity contribution in [2.45, 2.75) is 18.8 Å². The Labute approximate surface area is 162 Å². The summed E-state index contributed by atoms with van der Waals surface area (Å²) < 4.78 is 74.9. The standard InChI is InChI=1S/C21H14F6O2/c22-20(23,24)16-7-1-14(2-8-16)5-11-18(28)13-19(29)12-6-15-3-9-17(10-4-15)21(25,26)27/h1-12H,13H2. The lowest BCUT2D eigenvalue weighted by molar-refractivity contribution is -0.138. The van der Waals surface area contributed by atoms with Gasteiger partial charge < -0.3 is 0 Å². The maximum absolute atomic E-state index is 12.5. The van der Waals surface area contributed by atoms with E-state index in [4.69, 9.17) is 0 Å². The maximum atomic E-state index is 12.5. The molecule has 152 valence electrons. The molecule has 0 N–H and O–H groups in total. The lowest BCUT2D eigenvalue weighted by atomic mass is 10.1. The van der Waals surface area contributed by atoms with E-state index in [0.29, 0.717) is 11.1 Å². The molecule has 29 heavy (non-hydrogen) atoms. The zero-order valence-electron chi connectivity index (χ0n) is 14.7. The van der Waals surface area contributed by atoms with Crippen LogP contribution in [0.15, 0.2) is 60.7 Å². The molecule has 2 nitrogen and oxygen atoms in total. The highest BCUT2D eigenvalue weighted by atomic mass is 19.4. The number of hydrogen-bond donors (Lipinski definition) is 0. The van der Waals surface area contributed by atoms with Gasteiger partial charge in [-0.25, -0.2) is 0 Å². The van der Waals surface area contributed by atoms with Crippen LogP contribution in [0.1, 0.15) is 28.7 Å². The van der Waals surface area contributed by atoms with Crippen LogP contribution in [0.3, 0.4) is 0 Å². The van der Waals surface area contributed by atoms with Crippen molar-refractivity contribution in [3.05, 3.63) is 82.9 Å². The summed E-state index contributed by atoms with van der Waals surface area (Å²) in [5.74, 6) is -1.13.